The first-order valence-corrected chi connectivity index (χ1v) is 3.62. The molecule has 11 heavy (non-hydrogen) atoms. The molecule has 2 nitrogen and oxygen atoms in total. The van der Waals surface area contributed by atoms with Gasteiger partial charge in [-0.05, 0) is 18.1 Å². The summed E-state index contributed by atoms with van der Waals surface area (Å²) in [7, 11) is 0. The summed E-state index contributed by atoms with van der Waals surface area (Å²) >= 11 is 0. The summed E-state index contributed by atoms with van der Waals surface area (Å²) in [6.07, 6.45) is 6.90. The maximum absolute atomic E-state index is 8.47. The molecule has 2 heteroatoms. The van der Waals surface area contributed by atoms with Gasteiger partial charge < -0.3 is 4.98 Å². The van der Waals surface area contributed by atoms with Crippen molar-refractivity contribution in [2.45, 2.75) is 13.3 Å². The van der Waals surface area contributed by atoms with Crippen LogP contribution in [0.1, 0.15) is 24.6 Å². The van der Waals surface area contributed by atoms with Gasteiger partial charge in [-0.25, -0.2) is 0 Å². The normalized spacial score (nSPS) is 10.2. The van der Waals surface area contributed by atoms with E-state index < -0.39 is 0 Å². The van der Waals surface area contributed by atoms with Gasteiger partial charge in [0.1, 0.15) is 11.8 Å². The van der Waals surface area contributed by atoms with Crippen LogP contribution in [0.25, 0.3) is 6.08 Å². The summed E-state index contributed by atoms with van der Waals surface area (Å²) < 4.78 is 0. The van der Waals surface area contributed by atoms with Crippen LogP contribution >= 0.6 is 0 Å². The molecule has 0 spiro atoms. The number of aromatic nitrogens is 1. The quantitative estimate of drug-likeness (QED) is 0.683. The highest BCUT2D eigenvalue weighted by molar-refractivity contribution is 5.50. The monoisotopic (exact) mass is 146 g/mol. The van der Waals surface area contributed by atoms with Crippen LogP contribution in [0.5, 0.6) is 0 Å². The number of allylic oxidation sites excluding steroid dienone is 1. The SMILES string of the molecule is CC/C=C/c1c[nH]c(C#N)c1. The third-order valence-corrected chi connectivity index (χ3v) is 1.37. The molecule has 1 aromatic heterocycles. The van der Waals surface area contributed by atoms with Crippen molar-refractivity contribution in [2.75, 3.05) is 0 Å². The van der Waals surface area contributed by atoms with Crippen molar-refractivity contribution in [1.29, 1.82) is 5.26 Å². The fourth-order valence-corrected chi connectivity index (χ4v) is 0.826. The molecular formula is C9H10N2. The highest BCUT2D eigenvalue weighted by Gasteiger charge is 1.91. The summed E-state index contributed by atoms with van der Waals surface area (Å²) in [5.74, 6) is 0. The van der Waals surface area contributed by atoms with Crippen LogP contribution in [-0.2, 0) is 0 Å². The van der Waals surface area contributed by atoms with Crippen LogP contribution in [-0.4, -0.2) is 4.98 Å². The van der Waals surface area contributed by atoms with E-state index in [1.807, 2.05) is 24.4 Å². The van der Waals surface area contributed by atoms with E-state index in [0.717, 1.165) is 12.0 Å². The highest BCUT2D eigenvalue weighted by atomic mass is 14.7. The molecule has 0 bridgehead atoms. The molecule has 0 amide bonds. The maximum Gasteiger partial charge on any atom is 0.118 e. The Labute approximate surface area is 66.2 Å². The van der Waals surface area contributed by atoms with Gasteiger partial charge in [-0.3, -0.25) is 0 Å². The molecule has 1 N–H and O–H groups in total. The van der Waals surface area contributed by atoms with Crippen molar-refractivity contribution < 1.29 is 0 Å². The van der Waals surface area contributed by atoms with Crippen molar-refractivity contribution in [1.82, 2.24) is 4.98 Å². The van der Waals surface area contributed by atoms with Crippen LogP contribution < -0.4 is 0 Å². The topological polar surface area (TPSA) is 39.6 Å². The molecule has 0 aliphatic carbocycles. The van der Waals surface area contributed by atoms with Crippen molar-refractivity contribution >= 4 is 6.08 Å². The standard InChI is InChI=1S/C9H10N2/c1-2-3-4-8-5-9(6-10)11-7-8/h3-5,7,11H,2H2,1H3/b4-3+. The lowest BCUT2D eigenvalue weighted by molar-refractivity contribution is 1.23. The van der Waals surface area contributed by atoms with Crippen LogP contribution in [0.4, 0.5) is 0 Å². The van der Waals surface area contributed by atoms with Crippen LogP contribution in [0.3, 0.4) is 0 Å². The van der Waals surface area contributed by atoms with E-state index in [4.69, 9.17) is 5.26 Å². The Morgan fingerprint density at radius 2 is 2.55 bits per heavy atom. The Morgan fingerprint density at radius 3 is 3.09 bits per heavy atom. The second kappa shape index (κ2) is 3.62. The summed E-state index contributed by atoms with van der Waals surface area (Å²) in [4.78, 5) is 2.85. The van der Waals surface area contributed by atoms with E-state index >= 15 is 0 Å². The minimum Gasteiger partial charge on any atom is -0.353 e. The van der Waals surface area contributed by atoms with Gasteiger partial charge >= 0.3 is 0 Å². The zero-order chi connectivity index (χ0) is 8.10. The molecule has 0 aliphatic rings. The molecule has 1 aromatic rings. The fourth-order valence-electron chi connectivity index (χ4n) is 0.826. The average Bonchev–Trinajstić information content (AvgIpc) is 2.48. The van der Waals surface area contributed by atoms with Crippen molar-refractivity contribution in [3.63, 3.8) is 0 Å². The summed E-state index contributed by atoms with van der Waals surface area (Å²) in [5.41, 5.74) is 1.67. The van der Waals surface area contributed by atoms with Crippen molar-refractivity contribution in [3.05, 3.63) is 29.6 Å². The fraction of sp³-hybridized carbons (Fsp3) is 0.222. The third kappa shape index (κ3) is 1.98. The third-order valence-electron chi connectivity index (χ3n) is 1.37. The maximum atomic E-state index is 8.47. The predicted molar refractivity (Wildman–Crippen MR) is 44.8 cm³/mol. The summed E-state index contributed by atoms with van der Waals surface area (Å²) in [5, 5.41) is 8.47. The summed E-state index contributed by atoms with van der Waals surface area (Å²) in [6, 6.07) is 3.86. The molecule has 0 saturated carbocycles. The Morgan fingerprint density at radius 1 is 1.73 bits per heavy atom. The largest absolute Gasteiger partial charge is 0.353 e. The molecule has 0 saturated heterocycles. The molecule has 0 radical (unpaired) electrons. The lowest BCUT2D eigenvalue weighted by atomic mass is 10.3. The Hall–Kier alpha value is -1.49. The summed E-state index contributed by atoms with van der Waals surface area (Å²) in [6.45, 7) is 2.08. The van der Waals surface area contributed by atoms with E-state index in [2.05, 4.69) is 18.0 Å². The Kier molecular flexibility index (Phi) is 2.51. The van der Waals surface area contributed by atoms with E-state index in [-0.39, 0.29) is 0 Å². The Bertz CT molecular complexity index is 289. The molecule has 0 aromatic carbocycles. The number of rotatable bonds is 2. The number of hydrogen-bond acceptors (Lipinski definition) is 1. The second-order valence-electron chi connectivity index (χ2n) is 2.27. The zero-order valence-corrected chi connectivity index (χ0v) is 6.46. The first kappa shape index (κ1) is 7.62. The van der Waals surface area contributed by atoms with Gasteiger partial charge in [0.15, 0.2) is 0 Å². The van der Waals surface area contributed by atoms with Gasteiger partial charge in [0.25, 0.3) is 0 Å². The molecule has 0 aliphatic heterocycles. The lowest BCUT2D eigenvalue weighted by Gasteiger charge is -1.79. The minimum absolute atomic E-state index is 0.612. The van der Waals surface area contributed by atoms with Crippen molar-refractivity contribution in [2.24, 2.45) is 0 Å². The minimum atomic E-state index is 0.612. The molecule has 0 unspecified atom stereocenters. The predicted octanol–water partition coefficient (Wildman–Crippen LogP) is 2.31. The smallest absolute Gasteiger partial charge is 0.118 e. The number of nitriles is 1. The van der Waals surface area contributed by atoms with Gasteiger partial charge in [-0.2, -0.15) is 5.26 Å². The van der Waals surface area contributed by atoms with Gasteiger partial charge in [0.2, 0.25) is 0 Å². The molecule has 0 fully saturated rings. The van der Waals surface area contributed by atoms with Crippen molar-refractivity contribution in [3.8, 4) is 6.07 Å². The van der Waals surface area contributed by atoms with E-state index in [1.165, 1.54) is 0 Å². The number of hydrogen-bond donors (Lipinski definition) is 1. The van der Waals surface area contributed by atoms with Gasteiger partial charge in [0, 0.05) is 6.20 Å². The number of aromatic amines is 1. The van der Waals surface area contributed by atoms with E-state index in [9.17, 15) is 0 Å². The lowest BCUT2D eigenvalue weighted by Crippen LogP contribution is -1.64. The first-order valence-electron chi connectivity index (χ1n) is 3.62. The number of nitrogens with zero attached hydrogens (tertiary/aromatic N) is 1. The van der Waals surface area contributed by atoms with Crippen LogP contribution in [0.15, 0.2) is 18.3 Å². The van der Waals surface area contributed by atoms with Crippen LogP contribution in [0.2, 0.25) is 0 Å². The zero-order valence-electron chi connectivity index (χ0n) is 6.46. The first-order chi connectivity index (χ1) is 5.36. The highest BCUT2D eigenvalue weighted by Crippen LogP contribution is 2.04. The van der Waals surface area contributed by atoms with E-state index in [0.29, 0.717) is 5.69 Å². The molecule has 56 valence electrons. The molecule has 1 heterocycles. The van der Waals surface area contributed by atoms with Crippen LogP contribution in [0, 0.1) is 11.3 Å². The van der Waals surface area contributed by atoms with Gasteiger partial charge in [-0.1, -0.05) is 19.1 Å². The molecule has 1 rings (SSSR count). The number of H-pyrrole nitrogens is 1. The second-order valence-corrected chi connectivity index (χ2v) is 2.27. The van der Waals surface area contributed by atoms with E-state index in [1.54, 1.807) is 0 Å². The van der Waals surface area contributed by atoms with Gasteiger partial charge in [-0.15, -0.1) is 0 Å². The molecular weight excluding hydrogens is 136 g/mol. The Balaban J connectivity index is 2.75. The van der Waals surface area contributed by atoms with Gasteiger partial charge in [0.05, 0.1) is 0 Å². The molecule has 0 atom stereocenters. The number of nitrogens with one attached hydrogen (secondary N) is 1. The average molecular weight is 146 g/mol.